The van der Waals surface area contributed by atoms with Crippen LogP contribution in [0.5, 0.6) is 0 Å². The fourth-order valence-electron chi connectivity index (χ4n) is 3.07. The van der Waals surface area contributed by atoms with Gasteiger partial charge in [0.05, 0.1) is 6.61 Å². The van der Waals surface area contributed by atoms with Gasteiger partial charge < -0.3 is 9.47 Å². The Bertz CT molecular complexity index is 1160. The van der Waals surface area contributed by atoms with E-state index in [0.717, 1.165) is 22.3 Å². The molecular formula is C24H19NO4S. The Morgan fingerprint density at radius 3 is 2.50 bits per heavy atom. The van der Waals surface area contributed by atoms with Gasteiger partial charge in [-0.25, -0.2) is 14.6 Å². The minimum atomic E-state index is -0.546. The predicted octanol–water partition coefficient (Wildman–Crippen LogP) is 5.57. The van der Waals surface area contributed by atoms with Crippen molar-refractivity contribution in [2.45, 2.75) is 13.8 Å². The molecule has 0 atom stereocenters. The Kier molecular flexibility index (Phi) is 5.59. The normalized spacial score (nSPS) is 14.5. The molecule has 0 unspecified atom stereocenters. The number of thiophene rings is 1. The molecule has 0 bridgehead atoms. The first-order chi connectivity index (χ1) is 14.6. The van der Waals surface area contributed by atoms with E-state index in [0.29, 0.717) is 16.3 Å². The van der Waals surface area contributed by atoms with Crippen molar-refractivity contribution in [3.63, 3.8) is 0 Å². The number of nitrogens with zero attached hydrogens (tertiary/aromatic N) is 1. The summed E-state index contributed by atoms with van der Waals surface area (Å²) in [5.41, 5.74) is 4.02. The predicted molar refractivity (Wildman–Crippen MR) is 118 cm³/mol. The fourth-order valence-corrected chi connectivity index (χ4v) is 4.02. The zero-order valence-corrected chi connectivity index (χ0v) is 17.4. The van der Waals surface area contributed by atoms with E-state index < -0.39 is 11.9 Å². The first-order valence-electron chi connectivity index (χ1n) is 9.50. The van der Waals surface area contributed by atoms with Crippen molar-refractivity contribution in [3.05, 3.63) is 82.7 Å². The number of hydrogen-bond donors (Lipinski definition) is 0. The van der Waals surface area contributed by atoms with Crippen LogP contribution in [0.4, 0.5) is 5.00 Å². The second kappa shape index (κ2) is 8.47. The lowest BCUT2D eigenvalue weighted by Crippen LogP contribution is -2.08. The van der Waals surface area contributed by atoms with Crippen LogP contribution in [0.3, 0.4) is 0 Å². The number of aryl methyl sites for hydroxylation is 1. The van der Waals surface area contributed by atoms with E-state index in [2.05, 4.69) is 4.99 Å². The number of hydrogen-bond acceptors (Lipinski definition) is 6. The number of benzene rings is 2. The van der Waals surface area contributed by atoms with Gasteiger partial charge in [0.15, 0.2) is 5.71 Å². The average molecular weight is 417 g/mol. The molecule has 3 aromatic rings. The largest absolute Gasteiger partial charge is 0.462 e. The van der Waals surface area contributed by atoms with E-state index in [1.807, 2.05) is 66.9 Å². The van der Waals surface area contributed by atoms with E-state index in [4.69, 9.17) is 9.47 Å². The molecule has 4 rings (SSSR count). The average Bonchev–Trinajstić information content (AvgIpc) is 3.33. The highest BCUT2D eigenvalue weighted by Crippen LogP contribution is 2.38. The van der Waals surface area contributed by atoms with Crippen LogP contribution in [-0.2, 0) is 14.3 Å². The molecule has 30 heavy (non-hydrogen) atoms. The second-order valence-corrected chi connectivity index (χ2v) is 7.54. The highest BCUT2D eigenvalue weighted by atomic mass is 32.1. The Morgan fingerprint density at radius 1 is 1.07 bits per heavy atom. The molecule has 0 aliphatic carbocycles. The zero-order chi connectivity index (χ0) is 21.1. The topological polar surface area (TPSA) is 65.0 Å². The van der Waals surface area contributed by atoms with Crippen LogP contribution in [0.2, 0.25) is 0 Å². The summed E-state index contributed by atoms with van der Waals surface area (Å²) >= 11 is 1.29. The maximum absolute atomic E-state index is 12.7. The van der Waals surface area contributed by atoms with Crippen molar-refractivity contribution in [3.8, 4) is 11.1 Å². The summed E-state index contributed by atoms with van der Waals surface area (Å²) in [7, 11) is 0. The molecule has 2 aromatic carbocycles. The minimum Gasteiger partial charge on any atom is -0.462 e. The molecule has 0 radical (unpaired) electrons. The number of carbonyl (C=O) groups excluding carboxylic acids is 2. The van der Waals surface area contributed by atoms with Gasteiger partial charge in [-0.05, 0) is 19.4 Å². The molecule has 1 aliphatic heterocycles. The van der Waals surface area contributed by atoms with Crippen molar-refractivity contribution < 1.29 is 19.1 Å². The van der Waals surface area contributed by atoms with Crippen LogP contribution in [0.15, 0.2) is 71.0 Å². The van der Waals surface area contributed by atoms with Crippen molar-refractivity contribution in [2.75, 3.05) is 6.61 Å². The van der Waals surface area contributed by atoms with E-state index in [-0.39, 0.29) is 12.3 Å². The fraction of sp³-hybridized carbons (Fsp3) is 0.125. The molecule has 5 nitrogen and oxygen atoms in total. The third-order valence-corrected chi connectivity index (χ3v) is 5.45. The molecule has 0 spiro atoms. The van der Waals surface area contributed by atoms with Crippen molar-refractivity contribution >= 4 is 39.7 Å². The summed E-state index contributed by atoms with van der Waals surface area (Å²) in [5.74, 6) is -0.572. The Morgan fingerprint density at radius 2 is 1.80 bits per heavy atom. The maximum atomic E-state index is 12.7. The number of carbonyl (C=O) groups is 2. The number of cyclic esters (lactones) is 1. The van der Waals surface area contributed by atoms with Gasteiger partial charge in [0.2, 0.25) is 0 Å². The summed E-state index contributed by atoms with van der Waals surface area (Å²) in [6.07, 6.45) is 1.60. The van der Waals surface area contributed by atoms with Gasteiger partial charge in [0, 0.05) is 22.6 Å². The molecule has 0 fully saturated rings. The number of ether oxygens (including phenoxy) is 2. The quantitative estimate of drug-likeness (QED) is 0.509. The van der Waals surface area contributed by atoms with Crippen LogP contribution in [-0.4, -0.2) is 24.3 Å². The van der Waals surface area contributed by atoms with Crippen molar-refractivity contribution in [2.24, 2.45) is 4.99 Å². The second-order valence-electron chi connectivity index (χ2n) is 6.68. The van der Waals surface area contributed by atoms with Crippen LogP contribution < -0.4 is 0 Å². The van der Waals surface area contributed by atoms with Crippen LogP contribution in [0.25, 0.3) is 16.9 Å². The molecule has 1 aromatic heterocycles. The number of rotatable bonds is 5. The Labute approximate surface area is 178 Å². The SMILES string of the molecule is CCOC(=O)c1c(-c2ccccc2)csc1N=C1C=C(c2ccc(C)cc2)OC1=O. The zero-order valence-electron chi connectivity index (χ0n) is 16.5. The van der Waals surface area contributed by atoms with Crippen LogP contribution in [0, 0.1) is 6.92 Å². The molecule has 6 heteroatoms. The van der Waals surface area contributed by atoms with E-state index >= 15 is 0 Å². The van der Waals surface area contributed by atoms with Gasteiger partial charge in [-0.1, -0.05) is 60.2 Å². The van der Waals surface area contributed by atoms with Crippen LogP contribution >= 0.6 is 11.3 Å². The van der Waals surface area contributed by atoms with Crippen molar-refractivity contribution in [1.29, 1.82) is 0 Å². The van der Waals surface area contributed by atoms with Gasteiger partial charge in [0.25, 0.3) is 0 Å². The van der Waals surface area contributed by atoms with Gasteiger partial charge >= 0.3 is 11.9 Å². The first kappa shape index (κ1) is 19.8. The third-order valence-electron chi connectivity index (χ3n) is 4.57. The summed E-state index contributed by atoms with van der Waals surface area (Å²) in [4.78, 5) is 29.5. The number of aliphatic imine (C=N–C) groups is 1. The Balaban J connectivity index is 1.76. The van der Waals surface area contributed by atoms with E-state index in [9.17, 15) is 9.59 Å². The molecule has 0 amide bonds. The van der Waals surface area contributed by atoms with E-state index in [1.165, 1.54) is 11.3 Å². The van der Waals surface area contributed by atoms with Crippen LogP contribution in [0.1, 0.15) is 28.4 Å². The van der Waals surface area contributed by atoms with Gasteiger partial charge in [-0.3, -0.25) is 0 Å². The molecule has 0 N–H and O–H groups in total. The monoisotopic (exact) mass is 417 g/mol. The summed E-state index contributed by atoms with van der Waals surface area (Å²) in [5, 5.41) is 2.27. The van der Waals surface area contributed by atoms with Crippen molar-refractivity contribution in [1.82, 2.24) is 0 Å². The first-order valence-corrected chi connectivity index (χ1v) is 10.4. The smallest absolute Gasteiger partial charge is 0.362 e. The highest BCUT2D eigenvalue weighted by molar-refractivity contribution is 7.15. The summed E-state index contributed by atoms with van der Waals surface area (Å²) < 4.78 is 10.6. The molecule has 0 saturated heterocycles. The lowest BCUT2D eigenvalue weighted by Gasteiger charge is -2.05. The summed E-state index contributed by atoms with van der Waals surface area (Å²) in [6.45, 7) is 3.99. The number of esters is 2. The molecule has 150 valence electrons. The minimum absolute atomic E-state index is 0.151. The van der Waals surface area contributed by atoms with Gasteiger partial charge in [-0.2, -0.15) is 0 Å². The highest BCUT2D eigenvalue weighted by Gasteiger charge is 2.27. The maximum Gasteiger partial charge on any atom is 0.362 e. The molecular weight excluding hydrogens is 398 g/mol. The van der Waals surface area contributed by atoms with E-state index in [1.54, 1.807) is 13.0 Å². The van der Waals surface area contributed by atoms with Gasteiger partial charge in [-0.15, -0.1) is 11.3 Å². The Hall–Kier alpha value is -3.51. The molecule has 0 saturated carbocycles. The molecule has 1 aliphatic rings. The summed E-state index contributed by atoms with van der Waals surface area (Å²) in [6, 6.07) is 17.2. The lowest BCUT2D eigenvalue weighted by atomic mass is 10.0. The third kappa shape index (κ3) is 3.95. The van der Waals surface area contributed by atoms with Gasteiger partial charge in [0.1, 0.15) is 16.3 Å². The lowest BCUT2D eigenvalue weighted by molar-refractivity contribution is -0.128. The molecule has 2 heterocycles. The standard InChI is InChI=1S/C24H19NO4S/c1-3-28-24(27)21-18(16-7-5-4-6-8-16)14-30-22(21)25-19-13-20(29-23(19)26)17-11-9-15(2)10-12-17/h4-14H,3H2,1-2H3.